The number of nitrogens with one attached hydrogen (secondary N) is 1. The van der Waals surface area contributed by atoms with E-state index in [-0.39, 0.29) is 11.5 Å². The van der Waals surface area contributed by atoms with Gasteiger partial charge in [0, 0.05) is 6.54 Å². The first-order chi connectivity index (χ1) is 9.61. The molecule has 0 saturated carbocycles. The molecule has 0 spiro atoms. The van der Waals surface area contributed by atoms with Crippen LogP contribution in [0.2, 0.25) is 0 Å². The lowest BCUT2D eigenvalue weighted by molar-refractivity contribution is -0.137. The van der Waals surface area contributed by atoms with E-state index in [1.54, 1.807) is 13.8 Å². The van der Waals surface area contributed by atoms with Gasteiger partial charge >= 0.3 is 6.18 Å². The van der Waals surface area contributed by atoms with Crippen molar-refractivity contribution < 1.29 is 18.0 Å². The molecule has 21 heavy (non-hydrogen) atoms. The Morgan fingerprint density at radius 2 is 2.00 bits per heavy atom. The summed E-state index contributed by atoms with van der Waals surface area (Å²) >= 11 is 4.87. The summed E-state index contributed by atoms with van der Waals surface area (Å²) < 4.78 is 37.8. The monoisotopic (exact) mass is 318 g/mol. The van der Waals surface area contributed by atoms with E-state index in [4.69, 9.17) is 18.0 Å². The number of amides is 1. The van der Waals surface area contributed by atoms with Gasteiger partial charge in [-0.05, 0) is 31.0 Å². The summed E-state index contributed by atoms with van der Waals surface area (Å²) in [5, 5.41) is 2.58. The van der Waals surface area contributed by atoms with E-state index in [1.165, 1.54) is 12.1 Å². The van der Waals surface area contributed by atoms with Crippen LogP contribution in [0.1, 0.15) is 31.4 Å². The van der Waals surface area contributed by atoms with Crippen LogP contribution in [0, 0.1) is 5.41 Å². The predicted molar refractivity (Wildman–Crippen MR) is 78.5 cm³/mol. The third-order valence-corrected chi connectivity index (χ3v) is 3.91. The van der Waals surface area contributed by atoms with Gasteiger partial charge in [0.1, 0.15) is 0 Å². The highest BCUT2D eigenvalue weighted by Crippen LogP contribution is 2.29. The Balaban J connectivity index is 2.81. The molecule has 0 heterocycles. The Morgan fingerprint density at radius 3 is 2.48 bits per heavy atom. The molecule has 1 aromatic carbocycles. The first-order valence-corrected chi connectivity index (χ1v) is 6.76. The predicted octanol–water partition coefficient (Wildman–Crippen LogP) is 3.02. The van der Waals surface area contributed by atoms with E-state index in [0.717, 1.165) is 12.1 Å². The van der Waals surface area contributed by atoms with E-state index in [1.807, 2.05) is 0 Å². The zero-order valence-corrected chi connectivity index (χ0v) is 12.6. The first kappa shape index (κ1) is 17.4. The molecule has 0 saturated heterocycles. The van der Waals surface area contributed by atoms with E-state index in [2.05, 4.69) is 5.32 Å². The summed E-state index contributed by atoms with van der Waals surface area (Å²) in [4.78, 5) is 12.2. The Kier molecular flexibility index (Phi) is 5.33. The van der Waals surface area contributed by atoms with Crippen molar-refractivity contribution in [3.63, 3.8) is 0 Å². The minimum Gasteiger partial charge on any atom is -0.392 e. The van der Waals surface area contributed by atoms with Crippen LogP contribution in [0.25, 0.3) is 0 Å². The summed E-state index contributed by atoms with van der Waals surface area (Å²) in [6, 6.07) is 4.80. The van der Waals surface area contributed by atoms with Crippen LogP contribution in [0.4, 0.5) is 13.2 Å². The highest BCUT2D eigenvalue weighted by Gasteiger charge is 2.34. The molecule has 1 atom stereocenters. The van der Waals surface area contributed by atoms with Gasteiger partial charge in [-0.2, -0.15) is 13.2 Å². The Hall–Kier alpha value is -1.63. The maximum Gasteiger partial charge on any atom is 0.416 e. The summed E-state index contributed by atoms with van der Waals surface area (Å²) in [6.45, 7) is 3.36. The van der Waals surface area contributed by atoms with Crippen LogP contribution < -0.4 is 11.1 Å². The third kappa shape index (κ3) is 4.17. The number of hydrogen-bond donors (Lipinski definition) is 2. The van der Waals surface area contributed by atoms with Crippen LogP contribution >= 0.6 is 12.2 Å². The van der Waals surface area contributed by atoms with Gasteiger partial charge in [-0.3, -0.25) is 4.79 Å². The molecule has 1 amide bonds. The third-order valence-electron chi connectivity index (χ3n) is 3.46. The molecule has 1 unspecified atom stereocenters. The number of thiocarbonyl (C=S) groups is 1. The minimum atomic E-state index is -4.41. The second-order valence-electron chi connectivity index (χ2n) is 4.93. The highest BCUT2D eigenvalue weighted by atomic mass is 32.1. The van der Waals surface area contributed by atoms with Crippen LogP contribution in [-0.2, 0) is 17.5 Å². The molecule has 3 nitrogen and oxygen atoms in total. The maximum absolute atomic E-state index is 12.6. The Bertz CT molecular complexity index is 545. The second kappa shape index (κ2) is 6.43. The van der Waals surface area contributed by atoms with Gasteiger partial charge in [-0.25, -0.2) is 0 Å². The molecule has 1 aromatic rings. The number of benzene rings is 1. The van der Waals surface area contributed by atoms with Crippen molar-refractivity contribution in [2.24, 2.45) is 11.1 Å². The number of carbonyl (C=O) groups is 1. The van der Waals surface area contributed by atoms with Gasteiger partial charge in [-0.1, -0.05) is 31.3 Å². The molecule has 0 bridgehead atoms. The number of carbonyl (C=O) groups excluding carboxylic acids is 1. The summed E-state index contributed by atoms with van der Waals surface area (Å²) in [7, 11) is 0. The number of nitrogens with two attached hydrogens (primary N) is 1. The molecule has 0 aromatic heterocycles. The molecule has 0 aliphatic carbocycles. The second-order valence-corrected chi connectivity index (χ2v) is 5.37. The van der Waals surface area contributed by atoms with E-state index in [9.17, 15) is 18.0 Å². The summed E-state index contributed by atoms with van der Waals surface area (Å²) in [5.74, 6) is -0.394. The molecular formula is C14H17F3N2OS. The Labute approximate surface area is 126 Å². The van der Waals surface area contributed by atoms with Crippen molar-refractivity contribution >= 4 is 23.1 Å². The van der Waals surface area contributed by atoms with Gasteiger partial charge in [-0.15, -0.1) is 0 Å². The lowest BCUT2D eigenvalue weighted by Gasteiger charge is -2.25. The molecule has 7 heteroatoms. The molecule has 0 radical (unpaired) electrons. The fourth-order valence-electron chi connectivity index (χ4n) is 1.68. The fraction of sp³-hybridized carbons (Fsp3) is 0.429. The van der Waals surface area contributed by atoms with Crippen LogP contribution in [-0.4, -0.2) is 10.9 Å². The number of alkyl halides is 3. The lowest BCUT2D eigenvalue weighted by atomic mass is 9.86. The molecule has 1 rings (SSSR count). The minimum absolute atomic E-state index is 0.0129. The smallest absolute Gasteiger partial charge is 0.392 e. The normalized spacial score (nSPS) is 14.3. The van der Waals surface area contributed by atoms with Gasteiger partial charge in [0.05, 0.1) is 16.0 Å². The molecule has 116 valence electrons. The molecule has 0 fully saturated rings. The van der Waals surface area contributed by atoms with Gasteiger partial charge in [0.25, 0.3) is 0 Å². The van der Waals surface area contributed by atoms with Crippen molar-refractivity contribution in [3.8, 4) is 0 Å². The standard InChI is InChI=1S/C14H17F3N2OS/c1-3-13(2,11(18)21)12(20)19-8-9-5-4-6-10(7-9)14(15,16)17/h4-7H,3,8H2,1-2H3,(H2,18,21)(H,19,20). The van der Waals surface area contributed by atoms with Crippen molar-refractivity contribution in [1.82, 2.24) is 5.32 Å². The van der Waals surface area contributed by atoms with Crippen molar-refractivity contribution in [2.45, 2.75) is 33.0 Å². The average molecular weight is 318 g/mol. The lowest BCUT2D eigenvalue weighted by Crippen LogP contribution is -2.46. The SMILES string of the molecule is CCC(C)(C(=O)NCc1cccc(C(F)(F)F)c1)C(N)=S. The van der Waals surface area contributed by atoms with Crippen molar-refractivity contribution in [3.05, 3.63) is 35.4 Å². The molecular weight excluding hydrogens is 301 g/mol. The first-order valence-electron chi connectivity index (χ1n) is 6.35. The molecule has 0 aliphatic rings. The maximum atomic E-state index is 12.6. The summed E-state index contributed by atoms with van der Waals surface area (Å²) in [5.41, 5.74) is 4.16. The van der Waals surface area contributed by atoms with Crippen LogP contribution in [0.5, 0.6) is 0 Å². The van der Waals surface area contributed by atoms with Crippen molar-refractivity contribution in [1.29, 1.82) is 0 Å². The molecule has 0 aliphatic heterocycles. The van der Waals surface area contributed by atoms with Gasteiger partial charge in [0.15, 0.2) is 0 Å². The van der Waals surface area contributed by atoms with Gasteiger partial charge in [0.2, 0.25) is 5.91 Å². The number of halogens is 3. The fourth-order valence-corrected chi connectivity index (χ4v) is 1.92. The number of hydrogen-bond acceptors (Lipinski definition) is 2. The highest BCUT2D eigenvalue weighted by molar-refractivity contribution is 7.80. The van der Waals surface area contributed by atoms with E-state index in [0.29, 0.717) is 12.0 Å². The zero-order chi connectivity index (χ0) is 16.3. The van der Waals surface area contributed by atoms with Gasteiger partial charge < -0.3 is 11.1 Å². The Morgan fingerprint density at radius 1 is 1.38 bits per heavy atom. The van der Waals surface area contributed by atoms with Crippen LogP contribution in [0.15, 0.2) is 24.3 Å². The number of rotatable bonds is 5. The quantitative estimate of drug-likeness (QED) is 0.821. The topological polar surface area (TPSA) is 55.1 Å². The average Bonchev–Trinajstić information content (AvgIpc) is 2.42. The summed E-state index contributed by atoms with van der Waals surface area (Å²) in [6.07, 6.45) is -3.99. The largest absolute Gasteiger partial charge is 0.416 e. The van der Waals surface area contributed by atoms with E-state index >= 15 is 0 Å². The van der Waals surface area contributed by atoms with E-state index < -0.39 is 23.1 Å². The van der Waals surface area contributed by atoms with Crippen LogP contribution in [0.3, 0.4) is 0 Å². The zero-order valence-electron chi connectivity index (χ0n) is 11.8. The van der Waals surface area contributed by atoms with Crippen molar-refractivity contribution in [2.75, 3.05) is 0 Å². The molecule has 3 N–H and O–H groups in total.